The summed E-state index contributed by atoms with van der Waals surface area (Å²) in [6.07, 6.45) is 0. The number of nitrogen functional groups attached to an aromatic ring is 1. The minimum Gasteiger partial charge on any atom is -0.501 e. The Balaban J connectivity index is 1.92. The lowest BCUT2D eigenvalue weighted by Crippen LogP contribution is -2.12. The van der Waals surface area contributed by atoms with Crippen LogP contribution in [0.4, 0.5) is 10.3 Å². The minimum atomic E-state index is -4.10. The monoisotopic (exact) mass is 397 g/mol. The fourth-order valence-corrected chi connectivity index (χ4v) is 3.53. The van der Waals surface area contributed by atoms with Gasteiger partial charge < -0.3 is 19.4 Å². The molecule has 0 saturated carbocycles. The SMILES string of the molecule is Nc1oc(-c2ccc(F)c(Cl)c2)c(O)c1OS(=O)(=O)Cc1ccccc1. The molecule has 26 heavy (non-hydrogen) atoms. The zero-order valence-electron chi connectivity index (χ0n) is 13.1. The van der Waals surface area contributed by atoms with Gasteiger partial charge in [-0.2, -0.15) is 8.42 Å². The summed E-state index contributed by atoms with van der Waals surface area (Å²) in [5.74, 6) is -2.85. The van der Waals surface area contributed by atoms with Crippen LogP contribution in [0, 0.1) is 5.82 Å². The predicted octanol–water partition coefficient (Wildman–Crippen LogP) is 3.94. The lowest BCUT2D eigenvalue weighted by Gasteiger charge is -2.06. The lowest BCUT2D eigenvalue weighted by atomic mass is 10.1. The molecule has 3 aromatic rings. The Labute approximate surface area is 153 Å². The molecule has 136 valence electrons. The first kappa shape index (κ1) is 18.1. The summed E-state index contributed by atoms with van der Waals surface area (Å²) in [6.45, 7) is 0. The molecule has 3 rings (SSSR count). The van der Waals surface area contributed by atoms with Gasteiger partial charge in [-0.15, -0.1) is 0 Å². The zero-order valence-corrected chi connectivity index (χ0v) is 14.7. The van der Waals surface area contributed by atoms with Crippen LogP contribution in [0.3, 0.4) is 0 Å². The first-order valence-electron chi connectivity index (χ1n) is 7.29. The van der Waals surface area contributed by atoms with Gasteiger partial charge in [0.05, 0.1) is 5.02 Å². The van der Waals surface area contributed by atoms with E-state index in [9.17, 15) is 17.9 Å². The highest BCUT2D eigenvalue weighted by atomic mass is 35.5. The van der Waals surface area contributed by atoms with Crippen LogP contribution < -0.4 is 9.92 Å². The number of furan rings is 1. The van der Waals surface area contributed by atoms with E-state index in [1.165, 1.54) is 12.1 Å². The Morgan fingerprint density at radius 3 is 2.54 bits per heavy atom. The van der Waals surface area contributed by atoms with Crippen molar-refractivity contribution in [3.63, 3.8) is 0 Å². The average Bonchev–Trinajstić information content (AvgIpc) is 2.85. The highest BCUT2D eigenvalue weighted by Crippen LogP contribution is 2.45. The van der Waals surface area contributed by atoms with Gasteiger partial charge in [0.15, 0.2) is 5.76 Å². The molecule has 0 bridgehead atoms. The number of aromatic hydroxyl groups is 1. The summed E-state index contributed by atoms with van der Waals surface area (Å²) in [4.78, 5) is 0. The van der Waals surface area contributed by atoms with Crippen LogP contribution >= 0.6 is 11.6 Å². The molecule has 0 aliphatic rings. The summed E-state index contributed by atoms with van der Waals surface area (Å²) in [6, 6.07) is 11.9. The van der Waals surface area contributed by atoms with Crippen LogP contribution in [0.1, 0.15) is 5.56 Å². The molecule has 0 atom stereocenters. The number of anilines is 1. The average molecular weight is 398 g/mol. The van der Waals surface area contributed by atoms with Crippen LogP contribution in [0.25, 0.3) is 11.3 Å². The maximum absolute atomic E-state index is 13.3. The van der Waals surface area contributed by atoms with E-state index < -0.39 is 39.1 Å². The smallest absolute Gasteiger partial charge is 0.313 e. The fraction of sp³-hybridized carbons (Fsp3) is 0.0588. The van der Waals surface area contributed by atoms with Crippen molar-refractivity contribution in [1.82, 2.24) is 0 Å². The van der Waals surface area contributed by atoms with Gasteiger partial charge >= 0.3 is 10.1 Å². The van der Waals surface area contributed by atoms with Crippen molar-refractivity contribution in [1.29, 1.82) is 0 Å². The Hall–Kier alpha value is -2.71. The molecule has 2 aromatic carbocycles. The van der Waals surface area contributed by atoms with Gasteiger partial charge in [0.1, 0.15) is 11.6 Å². The third-order valence-electron chi connectivity index (χ3n) is 3.44. The number of benzene rings is 2. The van der Waals surface area contributed by atoms with Gasteiger partial charge in [-0.05, 0) is 23.8 Å². The lowest BCUT2D eigenvalue weighted by molar-refractivity contribution is 0.432. The maximum Gasteiger partial charge on any atom is 0.313 e. The van der Waals surface area contributed by atoms with Crippen molar-refractivity contribution < 1.29 is 26.5 Å². The summed E-state index contributed by atoms with van der Waals surface area (Å²) in [7, 11) is -4.10. The van der Waals surface area contributed by atoms with Crippen molar-refractivity contribution in [2.75, 3.05) is 5.73 Å². The Kier molecular flexibility index (Phi) is 4.80. The highest BCUT2D eigenvalue weighted by Gasteiger charge is 2.26. The van der Waals surface area contributed by atoms with Crippen molar-refractivity contribution in [3.05, 3.63) is 64.9 Å². The first-order valence-corrected chi connectivity index (χ1v) is 9.25. The Morgan fingerprint density at radius 2 is 1.88 bits per heavy atom. The second-order valence-electron chi connectivity index (χ2n) is 5.37. The van der Waals surface area contributed by atoms with Crippen LogP contribution in [-0.4, -0.2) is 13.5 Å². The van der Waals surface area contributed by atoms with E-state index in [1.54, 1.807) is 30.3 Å². The van der Waals surface area contributed by atoms with Gasteiger partial charge in [0, 0.05) is 5.56 Å². The zero-order chi connectivity index (χ0) is 18.9. The van der Waals surface area contributed by atoms with Crippen molar-refractivity contribution in [2.24, 2.45) is 0 Å². The van der Waals surface area contributed by atoms with Gasteiger partial charge in [-0.25, -0.2) is 4.39 Å². The van der Waals surface area contributed by atoms with Crippen LogP contribution in [0.15, 0.2) is 52.9 Å². The van der Waals surface area contributed by atoms with Gasteiger partial charge in [0.2, 0.25) is 17.4 Å². The van der Waals surface area contributed by atoms with E-state index in [1.807, 2.05) is 0 Å². The number of halogens is 2. The van der Waals surface area contributed by atoms with E-state index in [0.717, 1.165) is 6.07 Å². The van der Waals surface area contributed by atoms with Crippen molar-refractivity contribution in [2.45, 2.75) is 5.75 Å². The summed E-state index contributed by atoms with van der Waals surface area (Å²) in [5, 5.41) is 10.1. The molecular formula is C17H13ClFNO5S. The molecule has 0 fully saturated rings. The van der Waals surface area contributed by atoms with Gasteiger partial charge in [-0.1, -0.05) is 41.9 Å². The molecule has 3 N–H and O–H groups in total. The topological polar surface area (TPSA) is 103 Å². The molecule has 0 aliphatic carbocycles. The summed E-state index contributed by atoms with van der Waals surface area (Å²) < 4.78 is 47.8. The molecule has 0 aliphatic heterocycles. The number of hydrogen-bond acceptors (Lipinski definition) is 6. The van der Waals surface area contributed by atoms with Crippen molar-refractivity contribution in [3.8, 4) is 22.8 Å². The molecular weight excluding hydrogens is 385 g/mol. The molecule has 0 spiro atoms. The number of hydrogen-bond donors (Lipinski definition) is 2. The third kappa shape index (κ3) is 3.76. The molecule has 9 heteroatoms. The number of rotatable bonds is 5. The maximum atomic E-state index is 13.3. The molecule has 0 radical (unpaired) electrons. The van der Waals surface area contributed by atoms with E-state index in [0.29, 0.717) is 5.56 Å². The second kappa shape index (κ2) is 6.89. The quantitative estimate of drug-likeness (QED) is 0.632. The molecule has 0 amide bonds. The van der Waals surface area contributed by atoms with E-state index in [4.69, 9.17) is 25.9 Å². The first-order chi connectivity index (χ1) is 12.3. The Morgan fingerprint density at radius 1 is 1.19 bits per heavy atom. The third-order valence-corrected chi connectivity index (χ3v) is 4.84. The second-order valence-corrected chi connectivity index (χ2v) is 7.35. The summed E-state index contributed by atoms with van der Waals surface area (Å²) in [5.41, 5.74) is 6.33. The Bertz CT molecular complexity index is 1050. The summed E-state index contributed by atoms with van der Waals surface area (Å²) >= 11 is 5.70. The van der Waals surface area contributed by atoms with Crippen LogP contribution in [0.5, 0.6) is 11.5 Å². The van der Waals surface area contributed by atoms with Crippen LogP contribution in [-0.2, 0) is 15.9 Å². The molecule has 1 heterocycles. The number of nitrogens with two attached hydrogens (primary N) is 1. The van der Waals surface area contributed by atoms with Gasteiger partial charge in [-0.3, -0.25) is 0 Å². The van der Waals surface area contributed by atoms with Gasteiger partial charge in [0.25, 0.3) is 0 Å². The molecule has 6 nitrogen and oxygen atoms in total. The van der Waals surface area contributed by atoms with Crippen LogP contribution in [0.2, 0.25) is 5.02 Å². The predicted molar refractivity (Wildman–Crippen MR) is 94.9 cm³/mol. The standard InChI is InChI=1S/C17H13ClFNO5S/c18-12-8-11(6-7-13(12)19)15-14(21)16(17(20)24-15)25-26(22,23)9-10-4-2-1-3-5-10/h1-8,21H,9,20H2. The van der Waals surface area contributed by atoms with E-state index in [2.05, 4.69) is 0 Å². The molecule has 0 unspecified atom stereocenters. The minimum absolute atomic E-state index is 0.186. The molecule has 1 aromatic heterocycles. The largest absolute Gasteiger partial charge is 0.501 e. The highest BCUT2D eigenvalue weighted by molar-refractivity contribution is 7.86. The fourth-order valence-electron chi connectivity index (χ4n) is 2.27. The van der Waals surface area contributed by atoms with E-state index in [-0.39, 0.29) is 16.3 Å². The van der Waals surface area contributed by atoms with Crippen molar-refractivity contribution >= 4 is 27.6 Å². The normalized spacial score (nSPS) is 11.5. The van der Waals surface area contributed by atoms with E-state index >= 15 is 0 Å². The molecule has 0 saturated heterocycles.